The van der Waals surface area contributed by atoms with Gasteiger partial charge in [-0.25, -0.2) is 4.79 Å². The molecule has 88 valence electrons. The first-order chi connectivity index (χ1) is 7.72. The van der Waals surface area contributed by atoms with Crippen molar-refractivity contribution in [3.05, 3.63) is 29.3 Å². The Hall–Kier alpha value is -1.26. The van der Waals surface area contributed by atoms with Crippen molar-refractivity contribution in [2.75, 3.05) is 18.4 Å². The molecule has 4 N–H and O–H groups in total. The number of halogens is 1. The van der Waals surface area contributed by atoms with E-state index in [-0.39, 0.29) is 6.03 Å². The van der Waals surface area contributed by atoms with Crippen LogP contribution in [-0.2, 0) is 0 Å². The second-order valence-electron chi connectivity index (χ2n) is 3.39. The minimum absolute atomic E-state index is 0.223. The van der Waals surface area contributed by atoms with Crippen LogP contribution in [0.5, 0.6) is 0 Å². The van der Waals surface area contributed by atoms with E-state index in [1.807, 2.05) is 0 Å². The van der Waals surface area contributed by atoms with E-state index in [0.717, 1.165) is 12.8 Å². The normalized spacial score (nSPS) is 9.88. The zero-order valence-electron chi connectivity index (χ0n) is 9.00. The second kappa shape index (κ2) is 7.09. The van der Waals surface area contributed by atoms with Gasteiger partial charge in [-0.05, 0) is 37.6 Å². The third-order valence-electron chi connectivity index (χ3n) is 2.00. The molecule has 2 amide bonds. The summed E-state index contributed by atoms with van der Waals surface area (Å²) in [5, 5.41) is 6.03. The van der Waals surface area contributed by atoms with Gasteiger partial charge in [0.05, 0.1) is 0 Å². The van der Waals surface area contributed by atoms with Crippen molar-refractivity contribution in [3.63, 3.8) is 0 Å². The van der Waals surface area contributed by atoms with Crippen LogP contribution in [0.4, 0.5) is 10.5 Å². The SMILES string of the molecule is NCCCCNC(=O)Nc1cccc(Cl)c1. The number of rotatable bonds is 5. The number of nitrogens with two attached hydrogens (primary N) is 1. The molecule has 0 unspecified atom stereocenters. The molecule has 16 heavy (non-hydrogen) atoms. The Morgan fingerprint density at radius 3 is 2.88 bits per heavy atom. The minimum Gasteiger partial charge on any atom is -0.338 e. The summed E-state index contributed by atoms with van der Waals surface area (Å²) in [7, 11) is 0. The van der Waals surface area contributed by atoms with Crippen LogP contribution in [0, 0.1) is 0 Å². The Morgan fingerprint density at radius 2 is 2.19 bits per heavy atom. The van der Waals surface area contributed by atoms with Crippen molar-refractivity contribution in [2.45, 2.75) is 12.8 Å². The van der Waals surface area contributed by atoms with E-state index in [0.29, 0.717) is 23.8 Å². The maximum absolute atomic E-state index is 11.4. The highest BCUT2D eigenvalue weighted by atomic mass is 35.5. The number of hydrogen-bond acceptors (Lipinski definition) is 2. The van der Waals surface area contributed by atoms with Gasteiger partial charge in [0.1, 0.15) is 0 Å². The Labute approximate surface area is 100 Å². The fourth-order valence-electron chi connectivity index (χ4n) is 1.21. The first kappa shape index (κ1) is 12.8. The summed E-state index contributed by atoms with van der Waals surface area (Å²) in [4.78, 5) is 11.4. The third kappa shape index (κ3) is 5.00. The maximum Gasteiger partial charge on any atom is 0.319 e. The number of carbonyl (C=O) groups excluding carboxylic acids is 1. The largest absolute Gasteiger partial charge is 0.338 e. The van der Waals surface area contributed by atoms with E-state index < -0.39 is 0 Å². The highest BCUT2D eigenvalue weighted by molar-refractivity contribution is 6.30. The van der Waals surface area contributed by atoms with Crippen LogP contribution < -0.4 is 16.4 Å². The van der Waals surface area contributed by atoms with E-state index >= 15 is 0 Å². The third-order valence-corrected chi connectivity index (χ3v) is 2.23. The molecule has 0 aromatic heterocycles. The summed E-state index contributed by atoms with van der Waals surface area (Å²) >= 11 is 5.79. The Balaban J connectivity index is 2.29. The highest BCUT2D eigenvalue weighted by Crippen LogP contribution is 2.14. The summed E-state index contributed by atoms with van der Waals surface area (Å²) < 4.78 is 0. The van der Waals surface area contributed by atoms with Gasteiger partial charge >= 0.3 is 6.03 Å². The minimum atomic E-state index is -0.223. The zero-order valence-corrected chi connectivity index (χ0v) is 9.76. The Bertz CT molecular complexity index is 344. The first-order valence-corrected chi connectivity index (χ1v) is 5.60. The van der Waals surface area contributed by atoms with Gasteiger partial charge in [0.25, 0.3) is 0 Å². The fraction of sp³-hybridized carbons (Fsp3) is 0.364. The van der Waals surface area contributed by atoms with Crippen LogP contribution >= 0.6 is 11.6 Å². The molecule has 0 heterocycles. The predicted molar refractivity (Wildman–Crippen MR) is 66.8 cm³/mol. The predicted octanol–water partition coefficient (Wildman–Crippen LogP) is 2.20. The highest BCUT2D eigenvalue weighted by Gasteiger charge is 2.00. The number of amides is 2. The van der Waals surface area contributed by atoms with Gasteiger partial charge in [-0.2, -0.15) is 0 Å². The standard InChI is InChI=1S/C11H16ClN3O/c12-9-4-3-5-10(8-9)15-11(16)14-7-2-1-6-13/h3-5,8H,1-2,6-7,13H2,(H2,14,15,16). The number of anilines is 1. The van der Waals surface area contributed by atoms with Gasteiger partial charge in [0.2, 0.25) is 0 Å². The molecule has 0 aliphatic heterocycles. The van der Waals surface area contributed by atoms with E-state index in [4.69, 9.17) is 17.3 Å². The van der Waals surface area contributed by atoms with Crippen molar-refractivity contribution in [2.24, 2.45) is 5.73 Å². The lowest BCUT2D eigenvalue weighted by molar-refractivity contribution is 0.252. The average Bonchev–Trinajstić information content (AvgIpc) is 2.24. The molecule has 0 radical (unpaired) electrons. The van der Waals surface area contributed by atoms with Crippen LogP contribution in [0.3, 0.4) is 0 Å². The molecule has 0 aliphatic rings. The molecule has 5 heteroatoms. The lowest BCUT2D eigenvalue weighted by atomic mass is 10.3. The van der Waals surface area contributed by atoms with Crippen LogP contribution in [-0.4, -0.2) is 19.1 Å². The van der Waals surface area contributed by atoms with Crippen molar-refractivity contribution in [1.82, 2.24) is 5.32 Å². The summed E-state index contributed by atoms with van der Waals surface area (Å²) in [5.41, 5.74) is 6.03. The Kier molecular flexibility index (Phi) is 5.67. The quantitative estimate of drug-likeness (QED) is 0.692. The van der Waals surface area contributed by atoms with Gasteiger partial charge in [0.15, 0.2) is 0 Å². The summed E-state index contributed by atoms with van der Waals surface area (Å²) in [6.45, 7) is 1.28. The van der Waals surface area contributed by atoms with Gasteiger partial charge in [0, 0.05) is 17.3 Å². The number of carbonyl (C=O) groups is 1. The molecule has 4 nitrogen and oxygen atoms in total. The maximum atomic E-state index is 11.4. The molecule has 0 aliphatic carbocycles. The summed E-state index contributed by atoms with van der Waals surface area (Å²) in [6.07, 6.45) is 1.80. The molecule has 0 fully saturated rings. The second-order valence-corrected chi connectivity index (χ2v) is 3.82. The number of hydrogen-bond donors (Lipinski definition) is 3. The van der Waals surface area contributed by atoms with Gasteiger partial charge in [-0.3, -0.25) is 0 Å². The van der Waals surface area contributed by atoms with Crippen molar-refractivity contribution >= 4 is 23.3 Å². The van der Waals surface area contributed by atoms with Crippen LogP contribution in [0.25, 0.3) is 0 Å². The summed E-state index contributed by atoms with van der Waals surface area (Å²) in [6, 6.07) is 6.80. The monoisotopic (exact) mass is 241 g/mol. The molecule has 1 aromatic rings. The van der Waals surface area contributed by atoms with E-state index in [1.54, 1.807) is 24.3 Å². The molecule has 1 aromatic carbocycles. The molecular formula is C11H16ClN3O. The topological polar surface area (TPSA) is 67.1 Å². The number of unbranched alkanes of at least 4 members (excludes halogenated alkanes) is 1. The molecule has 0 spiro atoms. The smallest absolute Gasteiger partial charge is 0.319 e. The van der Waals surface area contributed by atoms with Gasteiger partial charge < -0.3 is 16.4 Å². The van der Waals surface area contributed by atoms with Crippen molar-refractivity contribution in [1.29, 1.82) is 0 Å². The molecule has 0 bridgehead atoms. The fourth-order valence-corrected chi connectivity index (χ4v) is 1.40. The number of nitrogens with one attached hydrogen (secondary N) is 2. The van der Waals surface area contributed by atoms with E-state index in [2.05, 4.69) is 10.6 Å². The van der Waals surface area contributed by atoms with Crippen molar-refractivity contribution < 1.29 is 4.79 Å². The lowest BCUT2D eigenvalue weighted by Gasteiger charge is -2.07. The van der Waals surface area contributed by atoms with Crippen LogP contribution in [0.1, 0.15) is 12.8 Å². The number of benzene rings is 1. The number of urea groups is 1. The van der Waals surface area contributed by atoms with Crippen LogP contribution in [0.2, 0.25) is 5.02 Å². The van der Waals surface area contributed by atoms with E-state index in [9.17, 15) is 4.79 Å². The molecular weight excluding hydrogens is 226 g/mol. The van der Waals surface area contributed by atoms with Crippen LogP contribution in [0.15, 0.2) is 24.3 Å². The first-order valence-electron chi connectivity index (χ1n) is 5.23. The van der Waals surface area contributed by atoms with Gasteiger partial charge in [-0.1, -0.05) is 17.7 Å². The summed E-state index contributed by atoms with van der Waals surface area (Å²) in [5.74, 6) is 0. The molecule has 0 saturated heterocycles. The van der Waals surface area contributed by atoms with Crippen molar-refractivity contribution in [3.8, 4) is 0 Å². The molecule has 0 atom stereocenters. The van der Waals surface area contributed by atoms with E-state index in [1.165, 1.54) is 0 Å². The molecule has 0 saturated carbocycles. The molecule has 1 rings (SSSR count). The zero-order chi connectivity index (χ0) is 11.8. The van der Waals surface area contributed by atoms with Gasteiger partial charge in [-0.15, -0.1) is 0 Å². The average molecular weight is 242 g/mol. The Morgan fingerprint density at radius 1 is 1.38 bits per heavy atom. The lowest BCUT2D eigenvalue weighted by Crippen LogP contribution is -2.29.